The second-order valence-corrected chi connectivity index (χ2v) is 3.20. The third-order valence-corrected chi connectivity index (χ3v) is 2.31. The molecule has 0 bridgehead atoms. The SMILES string of the molecule is O=C(O)C1C=CC(n2cn[nH]c2=O)C1. The van der Waals surface area contributed by atoms with E-state index in [4.69, 9.17) is 5.11 Å². The number of aromatic nitrogens is 3. The van der Waals surface area contributed by atoms with Crippen molar-refractivity contribution >= 4 is 5.97 Å². The van der Waals surface area contributed by atoms with E-state index >= 15 is 0 Å². The highest BCUT2D eigenvalue weighted by atomic mass is 16.4. The Balaban J connectivity index is 2.19. The zero-order valence-electron chi connectivity index (χ0n) is 7.25. The molecule has 74 valence electrons. The van der Waals surface area contributed by atoms with Gasteiger partial charge in [0, 0.05) is 0 Å². The third kappa shape index (κ3) is 1.34. The smallest absolute Gasteiger partial charge is 0.343 e. The van der Waals surface area contributed by atoms with Crippen molar-refractivity contribution in [3.05, 3.63) is 29.0 Å². The minimum atomic E-state index is -0.861. The zero-order chi connectivity index (χ0) is 10.1. The standard InChI is InChI=1S/C8H9N3O3/c12-7(13)5-1-2-6(3-5)11-4-9-10-8(11)14/h1-2,4-6H,3H2,(H,10,14)(H,12,13). The predicted octanol–water partition coefficient (Wildman–Crippen LogP) is -0.227. The van der Waals surface area contributed by atoms with E-state index in [0.717, 1.165) is 0 Å². The molecule has 0 amide bonds. The summed E-state index contributed by atoms with van der Waals surface area (Å²) in [4.78, 5) is 21.8. The second-order valence-electron chi connectivity index (χ2n) is 3.20. The van der Waals surface area contributed by atoms with E-state index < -0.39 is 11.9 Å². The number of carbonyl (C=O) groups is 1. The van der Waals surface area contributed by atoms with Gasteiger partial charge in [0.1, 0.15) is 6.33 Å². The molecule has 0 spiro atoms. The van der Waals surface area contributed by atoms with Crippen LogP contribution in [0.4, 0.5) is 0 Å². The molecule has 6 heteroatoms. The van der Waals surface area contributed by atoms with Crippen LogP contribution in [0.15, 0.2) is 23.3 Å². The first-order chi connectivity index (χ1) is 6.68. The van der Waals surface area contributed by atoms with Crippen LogP contribution in [0.1, 0.15) is 12.5 Å². The first-order valence-corrected chi connectivity index (χ1v) is 4.21. The van der Waals surface area contributed by atoms with Gasteiger partial charge in [-0.2, -0.15) is 5.10 Å². The highest BCUT2D eigenvalue weighted by Crippen LogP contribution is 2.26. The number of carboxylic acid groups (broad SMARTS) is 1. The average Bonchev–Trinajstić information content (AvgIpc) is 2.71. The van der Waals surface area contributed by atoms with E-state index in [1.165, 1.54) is 10.9 Å². The maximum absolute atomic E-state index is 11.1. The molecule has 1 aliphatic carbocycles. The molecule has 1 heterocycles. The summed E-state index contributed by atoms with van der Waals surface area (Å²) < 4.78 is 1.39. The largest absolute Gasteiger partial charge is 0.481 e. The highest BCUT2D eigenvalue weighted by molar-refractivity contribution is 5.72. The van der Waals surface area contributed by atoms with E-state index in [2.05, 4.69) is 10.2 Å². The highest BCUT2D eigenvalue weighted by Gasteiger charge is 2.26. The maximum Gasteiger partial charge on any atom is 0.343 e. The topological polar surface area (TPSA) is 88.0 Å². The first kappa shape index (κ1) is 8.74. The molecule has 2 rings (SSSR count). The summed E-state index contributed by atoms with van der Waals surface area (Å²) in [5, 5.41) is 14.6. The van der Waals surface area contributed by atoms with Crippen LogP contribution in [0.25, 0.3) is 0 Å². The number of rotatable bonds is 2. The predicted molar refractivity (Wildman–Crippen MR) is 46.8 cm³/mol. The summed E-state index contributed by atoms with van der Waals surface area (Å²) in [6.07, 6.45) is 5.11. The molecule has 1 aromatic rings. The van der Waals surface area contributed by atoms with E-state index in [9.17, 15) is 9.59 Å². The van der Waals surface area contributed by atoms with Crippen LogP contribution in [-0.2, 0) is 4.79 Å². The van der Waals surface area contributed by atoms with E-state index in [1.54, 1.807) is 12.2 Å². The van der Waals surface area contributed by atoms with E-state index in [-0.39, 0.29) is 11.7 Å². The molecule has 1 aromatic heterocycles. The summed E-state index contributed by atoms with van der Waals surface area (Å²) in [5.74, 6) is -1.36. The van der Waals surface area contributed by atoms with Gasteiger partial charge in [-0.1, -0.05) is 12.2 Å². The van der Waals surface area contributed by atoms with Gasteiger partial charge in [0.15, 0.2) is 0 Å². The third-order valence-electron chi connectivity index (χ3n) is 2.31. The normalized spacial score (nSPS) is 25.4. The number of nitrogens with one attached hydrogen (secondary N) is 1. The van der Waals surface area contributed by atoms with Crippen LogP contribution in [0.2, 0.25) is 0 Å². The lowest BCUT2D eigenvalue weighted by Gasteiger charge is -2.08. The van der Waals surface area contributed by atoms with Gasteiger partial charge in [0.05, 0.1) is 12.0 Å². The van der Waals surface area contributed by atoms with Gasteiger partial charge in [-0.05, 0) is 6.42 Å². The van der Waals surface area contributed by atoms with Crippen molar-refractivity contribution in [3.8, 4) is 0 Å². The van der Waals surface area contributed by atoms with Crippen molar-refractivity contribution in [2.45, 2.75) is 12.5 Å². The Morgan fingerprint density at radius 1 is 1.64 bits per heavy atom. The molecular formula is C8H9N3O3. The van der Waals surface area contributed by atoms with Gasteiger partial charge in [0.25, 0.3) is 0 Å². The number of nitrogens with zero attached hydrogens (tertiary/aromatic N) is 2. The number of hydrogen-bond donors (Lipinski definition) is 2. The number of aromatic amines is 1. The second kappa shape index (κ2) is 3.13. The fourth-order valence-electron chi connectivity index (χ4n) is 1.56. The summed E-state index contributed by atoms with van der Waals surface area (Å²) in [6.45, 7) is 0. The molecule has 2 N–H and O–H groups in total. The Morgan fingerprint density at radius 3 is 2.93 bits per heavy atom. The monoisotopic (exact) mass is 195 g/mol. The molecule has 2 atom stereocenters. The Hall–Kier alpha value is -1.85. The Labute approximate surface area is 78.9 Å². The van der Waals surface area contributed by atoms with Gasteiger partial charge in [0.2, 0.25) is 0 Å². The van der Waals surface area contributed by atoms with Gasteiger partial charge in [-0.3, -0.25) is 9.36 Å². The molecular weight excluding hydrogens is 186 g/mol. The maximum atomic E-state index is 11.1. The van der Waals surface area contributed by atoms with Crippen molar-refractivity contribution < 1.29 is 9.90 Å². The molecule has 0 radical (unpaired) electrons. The Morgan fingerprint density at radius 2 is 2.43 bits per heavy atom. The molecule has 0 fully saturated rings. The lowest BCUT2D eigenvalue weighted by molar-refractivity contribution is -0.140. The Kier molecular flexibility index (Phi) is 1.95. The summed E-state index contributed by atoms with van der Waals surface area (Å²) in [6, 6.07) is -0.192. The van der Waals surface area contributed by atoms with E-state index in [0.29, 0.717) is 6.42 Å². The fourth-order valence-corrected chi connectivity index (χ4v) is 1.56. The summed E-state index contributed by atoms with van der Waals surface area (Å²) in [7, 11) is 0. The lowest BCUT2D eigenvalue weighted by Crippen LogP contribution is -2.21. The molecule has 0 aromatic carbocycles. The quantitative estimate of drug-likeness (QED) is 0.638. The van der Waals surface area contributed by atoms with Crippen molar-refractivity contribution in [3.63, 3.8) is 0 Å². The summed E-state index contributed by atoms with van der Waals surface area (Å²) >= 11 is 0. The minimum Gasteiger partial charge on any atom is -0.481 e. The fraction of sp³-hybridized carbons (Fsp3) is 0.375. The number of aliphatic carboxylic acids is 1. The average molecular weight is 195 g/mol. The molecule has 6 nitrogen and oxygen atoms in total. The molecule has 0 saturated heterocycles. The van der Waals surface area contributed by atoms with Gasteiger partial charge in [-0.15, -0.1) is 0 Å². The Bertz CT molecular complexity index is 431. The number of carboxylic acids is 1. The van der Waals surface area contributed by atoms with Crippen molar-refractivity contribution in [1.29, 1.82) is 0 Å². The van der Waals surface area contributed by atoms with Crippen LogP contribution in [-0.4, -0.2) is 25.8 Å². The number of H-pyrrole nitrogens is 1. The number of allylic oxidation sites excluding steroid dienone is 1. The molecule has 0 saturated carbocycles. The van der Waals surface area contributed by atoms with Crippen LogP contribution in [0.3, 0.4) is 0 Å². The van der Waals surface area contributed by atoms with Crippen LogP contribution >= 0.6 is 0 Å². The van der Waals surface area contributed by atoms with Gasteiger partial charge in [-0.25, -0.2) is 9.89 Å². The molecule has 14 heavy (non-hydrogen) atoms. The van der Waals surface area contributed by atoms with Crippen LogP contribution in [0, 0.1) is 5.92 Å². The molecule has 1 aliphatic rings. The zero-order valence-corrected chi connectivity index (χ0v) is 7.25. The van der Waals surface area contributed by atoms with Crippen molar-refractivity contribution in [2.24, 2.45) is 5.92 Å². The van der Waals surface area contributed by atoms with Gasteiger partial charge < -0.3 is 5.11 Å². The first-order valence-electron chi connectivity index (χ1n) is 4.21. The van der Waals surface area contributed by atoms with E-state index in [1.807, 2.05) is 0 Å². The minimum absolute atomic E-state index is 0.192. The molecule has 2 unspecified atom stereocenters. The van der Waals surface area contributed by atoms with Crippen LogP contribution in [0.5, 0.6) is 0 Å². The lowest BCUT2D eigenvalue weighted by atomic mass is 10.1. The van der Waals surface area contributed by atoms with Gasteiger partial charge >= 0.3 is 11.7 Å². The number of hydrogen-bond acceptors (Lipinski definition) is 3. The van der Waals surface area contributed by atoms with Crippen LogP contribution < -0.4 is 5.69 Å². The van der Waals surface area contributed by atoms with Crippen molar-refractivity contribution in [1.82, 2.24) is 14.8 Å². The molecule has 0 aliphatic heterocycles. The van der Waals surface area contributed by atoms with Crippen molar-refractivity contribution in [2.75, 3.05) is 0 Å². The summed E-state index contributed by atoms with van der Waals surface area (Å²) in [5.41, 5.74) is -0.314.